The Labute approximate surface area is 205 Å². The topological polar surface area (TPSA) is 119 Å². The van der Waals surface area contributed by atoms with Crippen LogP contribution in [0.5, 0.6) is 11.6 Å². The van der Waals surface area contributed by atoms with Gasteiger partial charge in [-0.1, -0.05) is 0 Å². The van der Waals surface area contributed by atoms with Crippen LogP contribution in [0.1, 0.15) is 36.1 Å². The Bertz CT molecular complexity index is 1360. The van der Waals surface area contributed by atoms with Gasteiger partial charge in [-0.25, -0.2) is 18.4 Å². The van der Waals surface area contributed by atoms with E-state index >= 15 is 0 Å². The van der Waals surface area contributed by atoms with Gasteiger partial charge in [0, 0.05) is 31.7 Å². The molecule has 1 saturated heterocycles. The van der Waals surface area contributed by atoms with Crippen molar-refractivity contribution in [3.63, 3.8) is 0 Å². The largest absolute Gasteiger partial charge is 0.433 e. The molecule has 186 valence electrons. The molecule has 0 spiro atoms. The van der Waals surface area contributed by atoms with Crippen molar-refractivity contribution in [3.05, 3.63) is 47.4 Å². The number of fused-ring (bicyclic) bond motifs is 1. The van der Waals surface area contributed by atoms with E-state index in [1.165, 1.54) is 21.0 Å². The van der Waals surface area contributed by atoms with Crippen molar-refractivity contribution in [2.45, 2.75) is 39.3 Å². The Morgan fingerprint density at radius 2 is 2.06 bits per heavy atom. The zero-order valence-corrected chi connectivity index (χ0v) is 21.1. The van der Waals surface area contributed by atoms with Gasteiger partial charge < -0.3 is 15.4 Å². The first-order chi connectivity index (χ1) is 16.7. The van der Waals surface area contributed by atoms with Crippen molar-refractivity contribution in [1.82, 2.24) is 29.0 Å². The molecule has 1 unspecified atom stereocenters. The summed E-state index contributed by atoms with van der Waals surface area (Å²) in [5, 5.41) is 4.39. The summed E-state index contributed by atoms with van der Waals surface area (Å²) in [7, 11) is -1.08. The number of sulfonamides is 1. The second-order valence-corrected chi connectivity index (χ2v) is 11.6. The first kappa shape index (κ1) is 23.7. The number of anilines is 1. The zero-order valence-electron chi connectivity index (χ0n) is 20.3. The van der Waals surface area contributed by atoms with Gasteiger partial charge in [0.1, 0.15) is 0 Å². The fraction of sp³-hybridized carbons (Fsp3) is 0.458. The highest BCUT2D eigenvalue weighted by atomic mass is 32.2. The lowest BCUT2D eigenvalue weighted by atomic mass is 9.92. The molecule has 1 aromatic carbocycles. The Morgan fingerprint density at radius 1 is 1.23 bits per heavy atom. The molecule has 0 aliphatic carbocycles. The number of nitrogen functional groups attached to an aromatic ring is 1. The number of rotatable bonds is 6. The lowest BCUT2D eigenvalue weighted by Crippen LogP contribution is -2.30. The third-order valence-corrected chi connectivity index (χ3v) is 8.71. The Balaban J connectivity index is 1.35. The second-order valence-electron chi connectivity index (χ2n) is 9.32. The summed E-state index contributed by atoms with van der Waals surface area (Å²) in [5.74, 6) is 0.985. The molecular weight excluding hydrogens is 466 g/mol. The maximum Gasteiger partial charge on any atom is 0.263 e. The number of ether oxygens (including phenoxy) is 1. The first-order valence-corrected chi connectivity index (χ1v) is 13.5. The molecule has 0 radical (unpaired) electrons. The minimum atomic E-state index is -3.21. The summed E-state index contributed by atoms with van der Waals surface area (Å²) >= 11 is 0. The van der Waals surface area contributed by atoms with Gasteiger partial charge in [-0.2, -0.15) is 9.40 Å². The van der Waals surface area contributed by atoms with Crippen LogP contribution in [-0.4, -0.2) is 69.8 Å². The molecule has 35 heavy (non-hydrogen) atoms. The van der Waals surface area contributed by atoms with E-state index in [9.17, 15) is 8.42 Å². The SMILES string of the molecule is CCS(=O)(=O)N1CCC(n2cc(Oc3nc(-c4cc(C)c5c(c4)CN(C)CC5)cnc3N)cn2)C1. The highest BCUT2D eigenvalue weighted by Gasteiger charge is 2.31. The van der Waals surface area contributed by atoms with E-state index in [2.05, 4.69) is 46.1 Å². The monoisotopic (exact) mass is 497 g/mol. The van der Waals surface area contributed by atoms with Crippen LogP contribution in [0.3, 0.4) is 0 Å². The lowest BCUT2D eigenvalue weighted by Gasteiger charge is -2.27. The molecule has 5 rings (SSSR count). The average molecular weight is 498 g/mol. The summed E-state index contributed by atoms with van der Waals surface area (Å²) in [6.45, 7) is 6.67. The smallest absolute Gasteiger partial charge is 0.263 e. The number of hydrogen-bond acceptors (Lipinski definition) is 8. The number of nitrogens with zero attached hydrogens (tertiary/aromatic N) is 6. The predicted octanol–water partition coefficient (Wildman–Crippen LogP) is 2.61. The maximum absolute atomic E-state index is 12.2. The number of likely N-dealkylation sites (N-methyl/N-ethyl adjacent to an activating group) is 1. The molecule has 0 saturated carbocycles. The van der Waals surface area contributed by atoms with Crippen LogP contribution in [0, 0.1) is 6.92 Å². The molecule has 1 fully saturated rings. The number of aromatic nitrogens is 4. The van der Waals surface area contributed by atoms with E-state index in [4.69, 9.17) is 10.5 Å². The number of nitrogens with two attached hydrogens (primary N) is 1. The highest BCUT2D eigenvalue weighted by Crippen LogP contribution is 2.32. The molecule has 2 N–H and O–H groups in total. The number of aryl methyl sites for hydroxylation is 1. The van der Waals surface area contributed by atoms with Gasteiger partial charge in [-0.15, -0.1) is 0 Å². The van der Waals surface area contributed by atoms with Crippen LogP contribution in [0.25, 0.3) is 11.3 Å². The third-order valence-electron chi connectivity index (χ3n) is 6.86. The van der Waals surface area contributed by atoms with E-state index in [-0.39, 0.29) is 23.5 Å². The van der Waals surface area contributed by atoms with Crippen LogP contribution in [0.4, 0.5) is 5.82 Å². The first-order valence-electron chi connectivity index (χ1n) is 11.9. The molecule has 10 nitrogen and oxygen atoms in total. The van der Waals surface area contributed by atoms with Gasteiger partial charge in [0.05, 0.1) is 36.1 Å². The molecule has 0 bridgehead atoms. The van der Waals surface area contributed by atoms with Crippen molar-refractivity contribution in [1.29, 1.82) is 0 Å². The molecule has 3 aromatic rings. The maximum atomic E-state index is 12.2. The molecular formula is C24H31N7O3S. The summed E-state index contributed by atoms with van der Waals surface area (Å²) in [6.07, 6.45) is 6.75. The summed E-state index contributed by atoms with van der Waals surface area (Å²) in [4.78, 5) is 11.3. The molecule has 2 aliphatic heterocycles. The Morgan fingerprint density at radius 3 is 2.86 bits per heavy atom. The quantitative estimate of drug-likeness (QED) is 0.552. The van der Waals surface area contributed by atoms with Crippen LogP contribution < -0.4 is 10.5 Å². The molecule has 1 atom stereocenters. The van der Waals surface area contributed by atoms with Crippen LogP contribution in [0.15, 0.2) is 30.7 Å². The van der Waals surface area contributed by atoms with Crippen LogP contribution >= 0.6 is 0 Å². The highest BCUT2D eigenvalue weighted by molar-refractivity contribution is 7.89. The van der Waals surface area contributed by atoms with Crippen molar-refractivity contribution >= 4 is 15.8 Å². The van der Waals surface area contributed by atoms with E-state index in [1.54, 1.807) is 30.2 Å². The Hall–Kier alpha value is -3.02. The standard InChI is InChI=1S/C24H31N7O3S/c1-4-35(32,33)30-8-5-19(14-30)31-15-20(11-27-31)34-24-23(25)26-12-22(28-24)17-9-16(2)21-6-7-29(3)13-18(21)10-17/h9-12,15,19H,4-8,13-14H2,1-3H3,(H2,25,26). The minimum Gasteiger partial charge on any atom is -0.433 e. The van der Waals surface area contributed by atoms with Gasteiger partial charge in [-0.05, 0) is 62.6 Å². The Kier molecular flexibility index (Phi) is 6.24. The number of benzene rings is 1. The van der Waals surface area contributed by atoms with Gasteiger partial charge in [0.25, 0.3) is 5.88 Å². The summed E-state index contributed by atoms with van der Waals surface area (Å²) in [6, 6.07) is 4.28. The van der Waals surface area contributed by atoms with Gasteiger partial charge in [0.2, 0.25) is 10.0 Å². The normalized spacial score (nSPS) is 19.1. The average Bonchev–Trinajstić information content (AvgIpc) is 3.50. The molecule has 2 aliphatic rings. The van der Waals surface area contributed by atoms with Crippen molar-refractivity contribution in [2.75, 3.05) is 38.2 Å². The summed E-state index contributed by atoms with van der Waals surface area (Å²) in [5.41, 5.74) is 11.7. The van der Waals surface area contributed by atoms with Gasteiger partial charge in [0.15, 0.2) is 11.6 Å². The van der Waals surface area contributed by atoms with E-state index in [1.807, 2.05) is 0 Å². The van der Waals surface area contributed by atoms with E-state index in [0.29, 0.717) is 31.0 Å². The van der Waals surface area contributed by atoms with E-state index < -0.39 is 10.0 Å². The minimum absolute atomic E-state index is 0.0416. The fourth-order valence-corrected chi connectivity index (χ4v) is 6.00. The third kappa shape index (κ3) is 4.75. The van der Waals surface area contributed by atoms with Crippen molar-refractivity contribution in [3.8, 4) is 22.9 Å². The number of hydrogen-bond donors (Lipinski definition) is 1. The fourth-order valence-electron chi connectivity index (χ4n) is 4.85. The zero-order chi connectivity index (χ0) is 24.7. The molecule has 4 heterocycles. The molecule has 11 heteroatoms. The van der Waals surface area contributed by atoms with Crippen molar-refractivity contribution < 1.29 is 13.2 Å². The van der Waals surface area contributed by atoms with E-state index in [0.717, 1.165) is 25.1 Å². The molecule has 2 aromatic heterocycles. The lowest BCUT2D eigenvalue weighted by molar-refractivity contribution is 0.312. The summed E-state index contributed by atoms with van der Waals surface area (Å²) < 4.78 is 33.6. The van der Waals surface area contributed by atoms with Gasteiger partial charge in [-0.3, -0.25) is 4.68 Å². The second kappa shape index (κ2) is 9.21. The van der Waals surface area contributed by atoms with Crippen LogP contribution in [-0.2, 0) is 23.0 Å². The van der Waals surface area contributed by atoms with Crippen LogP contribution in [0.2, 0.25) is 0 Å². The molecule has 0 amide bonds. The van der Waals surface area contributed by atoms with Crippen molar-refractivity contribution in [2.24, 2.45) is 0 Å². The predicted molar refractivity (Wildman–Crippen MR) is 134 cm³/mol. The van der Waals surface area contributed by atoms with Gasteiger partial charge >= 0.3 is 0 Å².